The first kappa shape index (κ1) is 13.1. The van der Waals surface area contributed by atoms with Crippen LogP contribution in [0.4, 0.5) is 0 Å². The highest BCUT2D eigenvalue weighted by atomic mass is 16.1. The first-order valence-electron chi connectivity index (χ1n) is 6.69. The Balaban J connectivity index is 1.92. The monoisotopic (exact) mass is 246 g/mol. The minimum absolute atomic E-state index is 0.348. The Morgan fingerprint density at radius 2 is 2.00 bits per heavy atom. The summed E-state index contributed by atoms with van der Waals surface area (Å²) in [5.74, 6) is -0.348. The van der Waals surface area contributed by atoms with E-state index in [1.165, 1.54) is 25.7 Å². The zero-order valence-corrected chi connectivity index (χ0v) is 11.0. The van der Waals surface area contributed by atoms with Crippen molar-refractivity contribution in [2.24, 2.45) is 11.1 Å². The zero-order chi connectivity index (χ0) is 13.0. The van der Waals surface area contributed by atoms with Gasteiger partial charge >= 0.3 is 0 Å². The van der Waals surface area contributed by atoms with Crippen LogP contribution in [0.15, 0.2) is 24.3 Å². The summed E-state index contributed by atoms with van der Waals surface area (Å²) in [7, 11) is 0. The van der Waals surface area contributed by atoms with E-state index in [0.29, 0.717) is 17.5 Å². The van der Waals surface area contributed by atoms with Crippen molar-refractivity contribution in [1.29, 1.82) is 0 Å². The van der Waals surface area contributed by atoms with Gasteiger partial charge in [0, 0.05) is 18.7 Å². The van der Waals surface area contributed by atoms with Crippen molar-refractivity contribution >= 4 is 5.91 Å². The molecule has 2 rings (SSSR count). The van der Waals surface area contributed by atoms with Crippen LogP contribution in [0.1, 0.15) is 48.5 Å². The van der Waals surface area contributed by atoms with Gasteiger partial charge in [-0.3, -0.25) is 4.79 Å². The van der Waals surface area contributed by atoms with Crippen LogP contribution in [0, 0.1) is 5.41 Å². The summed E-state index contributed by atoms with van der Waals surface area (Å²) in [6.45, 7) is 4.07. The molecule has 0 saturated heterocycles. The Kier molecular flexibility index (Phi) is 4.02. The highest BCUT2D eigenvalue weighted by Crippen LogP contribution is 2.36. The van der Waals surface area contributed by atoms with Crippen LogP contribution in [0.25, 0.3) is 0 Å². The van der Waals surface area contributed by atoms with Crippen molar-refractivity contribution in [2.75, 3.05) is 6.54 Å². The molecule has 0 bridgehead atoms. The topological polar surface area (TPSA) is 55.1 Å². The second-order valence-electron chi connectivity index (χ2n) is 5.64. The fraction of sp³-hybridized carbons (Fsp3) is 0.533. The van der Waals surface area contributed by atoms with Crippen LogP contribution >= 0.6 is 0 Å². The molecule has 3 nitrogen and oxygen atoms in total. The largest absolute Gasteiger partial charge is 0.366 e. The van der Waals surface area contributed by atoms with Gasteiger partial charge in [0.05, 0.1) is 0 Å². The number of hydrogen-bond donors (Lipinski definition) is 2. The minimum atomic E-state index is -0.348. The number of primary amides is 1. The molecule has 0 unspecified atom stereocenters. The molecule has 18 heavy (non-hydrogen) atoms. The fourth-order valence-electron chi connectivity index (χ4n) is 2.82. The summed E-state index contributed by atoms with van der Waals surface area (Å²) >= 11 is 0. The lowest BCUT2D eigenvalue weighted by atomic mass is 9.89. The van der Waals surface area contributed by atoms with Crippen LogP contribution in [0.2, 0.25) is 0 Å². The summed E-state index contributed by atoms with van der Waals surface area (Å²) < 4.78 is 0. The molecule has 1 amide bonds. The summed E-state index contributed by atoms with van der Waals surface area (Å²) in [6.07, 6.45) is 5.29. The second-order valence-corrected chi connectivity index (χ2v) is 5.64. The van der Waals surface area contributed by atoms with E-state index in [1.54, 1.807) is 6.07 Å². The number of hydrogen-bond acceptors (Lipinski definition) is 2. The van der Waals surface area contributed by atoms with Crippen molar-refractivity contribution in [1.82, 2.24) is 5.32 Å². The normalized spacial score (nSPS) is 17.8. The first-order chi connectivity index (χ1) is 8.61. The highest BCUT2D eigenvalue weighted by molar-refractivity contribution is 5.94. The quantitative estimate of drug-likeness (QED) is 0.838. The zero-order valence-electron chi connectivity index (χ0n) is 11.0. The lowest BCUT2D eigenvalue weighted by Gasteiger charge is -2.24. The number of benzene rings is 1. The lowest BCUT2D eigenvalue weighted by Crippen LogP contribution is -2.29. The Labute approximate surface area is 109 Å². The summed E-state index contributed by atoms with van der Waals surface area (Å²) in [5.41, 5.74) is 7.42. The lowest BCUT2D eigenvalue weighted by molar-refractivity contribution is 0.0999. The standard InChI is InChI=1S/C15H22N2O/c1-15(8-4-5-9-15)11-17-10-12-6-2-3-7-13(12)14(16)18/h2-3,6-7,17H,4-5,8-11H2,1H3,(H2,16,18). The molecule has 98 valence electrons. The fourth-order valence-corrected chi connectivity index (χ4v) is 2.82. The maximum atomic E-state index is 11.3. The molecule has 1 fully saturated rings. The number of amides is 1. The predicted molar refractivity (Wildman–Crippen MR) is 73.2 cm³/mol. The molecule has 3 heteroatoms. The summed E-state index contributed by atoms with van der Waals surface area (Å²) in [4.78, 5) is 11.3. The number of nitrogens with one attached hydrogen (secondary N) is 1. The van der Waals surface area contributed by atoms with Gasteiger partial charge in [0.15, 0.2) is 0 Å². The number of rotatable bonds is 5. The Bertz CT molecular complexity index is 422. The third kappa shape index (κ3) is 3.10. The van der Waals surface area contributed by atoms with Crippen molar-refractivity contribution in [2.45, 2.75) is 39.2 Å². The van der Waals surface area contributed by atoms with E-state index in [1.807, 2.05) is 18.2 Å². The van der Waals surface area contributed by atoms with Crippen molar-refractivity contribution < 1.29 is 4.79 Å². The molecule has 0 aliphatic heterocycles. The third-order valence-corrected chi connectivity index (χ3v) is 3.96. The van der Waals surface area contributed by atoms with Crippen LogP contribution in [0.3, 0.4) is 0 Å². The molecule has 0 spiro atoms. The average molecular weight is 246 g/mol. The Hall–Kier alpha value is -1.35. The van der Waals surface area contributed by atoms with Gasteiger partial charge in [-0.2, -0.15) is 0 Å². The molecule has 1 aromatic carbocycles. The summed E-state index contributed by atoms with van der Waals surface area (Å²) in [6, 6.07) is 7.54. The summed E-state index contributed by atoms with van der Waals surface area (Å²) in [5, 5.41) is 3.47. The van der Waals surface area contributed by atoms with Crippen LogP contribution in [-0.2, 0) is 6.54 Å². The minimum Gasteiger partial charge on any atom is -0.366 e. The van der Waals surface area contributed by atoms with Gasteiger partial charge in [0.1, 0.15) is 0 Å². The van der Waals surface area contributed by atoms with Gasteiger partial charge < -0.3 is 11.1 Å². The highest BCUT2D eigenvalue weighted by Gasteiger charge is 2.27. The third-order valence-electron chi connectivity index (χ3n) is 3.96. The Morgan fingerprint density at radius 3 is 2.67 bits per heavy atom. The molecular formula is C15H22N2O. The molecule has 0 atom stereocenters. The van der Waals surface area contributed by atoms with E-state index in [4.69, 9.17) is 5.73 Å². The van der Waals surface area contributed by atoms with Gasteiger partial charge in [-0.15, -0.1) is 0 Å². The van der Waals surface area contributed by atoms with Gasteiger partial charge in [0.25, 0.3) is 0 Å². The van der Waals surface area contributed by atoms with E-state index in [9.17, 15) is 4.79 Å². The molecule has 1 saturated carbocycles. The van der Waals surface area contributed by atoms with E-state index in [0.717, 1.165) is 12.1 Å². The van der Waals surface area contributed by atoms with E-state index < -0.39 is 0 Å². The van der Waals surface area contributed by atoms with Crippen molar-refractivity contribution in [3.05, 3.63) is 35.4 Å². The van der Waals surface area contributed by atoms with E-state index >= 15 is 0 Å². The van der Waals surface area contributed by atoms with Gasteiger partial charge in [-0.25, -0.2) is 0 Å². The van der Waals surface area contributed by atoms with E-state index in [2.05, 4.69) is 12.2 Å². The Morgan fingerprint density at radius 1 is 1.33 bits per heavy atom. The average Bonchev–Trinajstić information content (AvgIpc) is 2.77. The van der Waals surface area contributed by atoms with Crippen LogP contribution < -0.4 is 11.1 Å². The van der Waals surface area contributed by atoms with Crippen LogP contribution in [0.5, 0.6) is 0 Å². The molecule has 1 aromatic rings. The molecule has 1 aliphatic rings. The second kappa shape index (κ2) is 5.53. The predicted octanol–water partition coefficient (Wildman–Crippen LogP) is 2.46. The number of carbonyl (C=O) groups excluding carboxylic acids is 1. The van der Waals surface area contributed by atoms with Gasteiger partial charge in [-0.1, -0.05) is 38.0 Å². The maximum absolute atomic E-state index is 11.3. The molecule has 0 heterocycles. The number of carbonyl (C=O) groups is 1. The van der Waals surface area contributed by atoms with Gasteiger partial charge in [-0.05, 0) is 29.9 Å². The maximum Gasteiger partial charge on any atom is 0.249 e. The number of nitrogens with two attached hydrogens (primary N) is 1. The van der Waals surface area contributed by atoms with Crippen molar-refractivity contribution in [3.63, 3.8) is 0 Å². The van der Waals surface area contributed by atoms with Gasteiger partial charge in [0.2, 0.25) is 5.91 Å². The molecule has 3 N–H and O–H groups in total. The van der Waals surface area contributed by atoms with Crippen LogP contribution in [-0.4, -0.2) is 12.5 Å². The first-order valence-corrected chi connectivity index (χ1v) is 6.69. The molecular weight excluding hydrogens is 224 g/mol. The molecule has 0 aromatic heterocycles. The van der Waals surface area contributed by atoms with E-state index in [-0.39, 0.29) is 5.91 Å². The smallest absolute Gasteiger partial charge is 0.249 e. The van der Waals surface area contributed by atoms with Crippen molar-refractivity contribution in [3.8, 4) is 0 Å². The SMILES string of the molecule is CC1(CNCc2ccccc2C(N)=O)CCCC1. The molecule has 0 radical (unpaired) electrons. The molecule has 1 aliphatic carbocycles.